The minimum Gasteiger partial charge on any atom is -0.353 e. The zero-order valence-electron chi connectivity index (χ0n) is 37.9. The summed E-state index contributed by atoms with van der Waals surface area (Å²) < 4.78 is 0. The molecule has 0 bridgehead atoms. The standard InChI is InChI=1S/C32H40N2O.C25H34N2O/c35-32(33-31-22-24-34(25-23-31)26-29-16-8-3-9-17-29)30(20-10-18-27-12-4-1-5-13-27)21-11-19-28-14-6-2-7-15-28;28-25(27-24-17-19-26-20-18-24)23(15-7-13-21-9-3-1-4-10-21)16-8-14-22-11-5-2-6-12-22/h1-9,12-17,30-31H,10-11,18-26H2,(H,33,35);1-6,9-12,23-24,26H,7-8,13-20H2,(H,27,28). The van der Waals surface area contributed by atoms with Gasteiger partial charge in [-0.15, -0.1) is 0 Å². The fourth-order valence-electron chi connectivity index (χ4n) is 9.28. The third-order valence-electron chi connectivity index (χ3n) is 13.1. The van der Waals surface area contributed by atoms with Crippen LogP contribution in [0.25, 0.3) is 0 Å². The molecule has 6 nitrogen and oxygen atoms in total. The molecule has 334 valence electrons. The highest BCUT2D eigenvalue weighted by Gasteiger charge is 2.25. The first-order chi connectivity index (χ1) is 31.1. The van der Waals surface area contributed by atoms with Gasteiger partial charge in [0.05, 0.1) is 0 Å². The lowest BCUT2D eigenvalue weighted by molar-refractivity contribution is -0.127. The summed E-state index contributed by atoms with van der Waals surface area (Å²) in [5.41, 5.74) is 6.82. The lowest BCUT2D eigenvalue weighted by Crippen LogP contribution is -2.46. The van der Waals surface area contributed by atoms with Crippen LogP contribution in [0.5, 0.6) is 0 Å². The maximum Gasteiger partial charge on any atom is 0.223 e. The normalized spacial score (nSPS) is 14.8. The van der Waals surface area contributed by atoms with Crippen LogP contribution in [0.15, 0.2) is 152 Å². The molecule has 0 atom stereocenters. The average Bonchev–Trinajstić information content (AvgIpc) is 3.33. The van der Waals surface area contributed by atoms with E-state index in [2.05, 4.69) is 173 Å². The maximum absolute atomic E-state index is 13.3. The molecule has 63 heavy (non-hydrogen) atoms. The van der Waals surface area contributed by atoms with Gasteiger partial charge in [-0.2, -0.15) is 0 Å². The smallest absolute Gasteiger partial charge is 0.223 e. The highest BCUT2D eigenvalue weighted by atomic mass is 16.2. The van der Waals surface area contributed by atoms with Crippen molar-refractivity contribution in [2.45, 2.75) is 121 Å². The van der Waals surface area contributed by atoms with Crippen molar-refractivity contribution in [3.05, 3.63) is 179 Å². The van der Waals surface area contributed by atoms with Crippen molar-refractivity contribution in [1.82, 2.24) is 20.9 Å². The van der Waals surface area contributed by atoms with Gasteiger partial charge in [0, 0.05) is 43.6 Å². The summed E-state index contributed by atoms with van der Waals surface area (Å²) >= 11 is 0. The predicted molar refractivity (Wildman–Crippen MR) is 261 cm³/mol. The SMILES string of the molecule is O=C(NC1CCN(Cc2ccccc2)CC1)C(CCCc1ccccc1)CCCc1ccccc1.O=C(NC1CCNCC1)C(CCCc1ccccc1)CCCc1ccccc1. The molecular formula is C57H74N4O2. The van der Waals surface area contributed by atoms with Crippen LogP contribution in [0.1, 0.15) is 105 Å². The number of benzene rings is 5. The second-order valence-corrected chi connectivity index (χ2v) is 18.0. The summed E-state index contributed by atoms with van der Waals surface area (Å²) in [6.45, 7) is 5.12. The molecule has 5 aromatic carbocycles. The first-order valence-electron chi connectivity index (χ1n) is 24.3. The van der Waals surface area contributed by atoms with E-state index >= 15 is 0 Å². The van der Waals surface area contributed by atoms with E-state index in [1.807, 2.05) is 0 Å². The first kappa shape index (κ1) is 47.4. The molecule has 0 unspecified atom stereocenters. The Morgan fingerprint density at radius 2 is 0.746 bits per heavy atom. The summed E-state index contributed by atoms with van der Waals surface area (Å²) in [6, 6.07) is 53.8. The molecule has 0 radical (unpaired) electrons. The summed E-state index contributed by atoms with van der Waals surface area (Å²) in [5, 5.41) is 10.1. The molecule has 2 fully saturated rings. The van der Waals surface area contributed by atoms with Gasteiger partial charge < -0.3 is 16.0 Å². The van der Waals surface area contributed by atoms with E-state index in [-0.39, 0.29) is 23.7 Å². The van der Waals surface area contributed by atoms with E-state index in [9.17, 15) is 9.59 Å². The molecule has 2 aliphatic heterocycles. The predicted octanol–water partition coefficient (Wildman–Crippen LogP) is 10.9. The monoisotopic (exact) mass is 847 g/mol. The van der Waals surface area contributed by atoms with Gasteiger partial charge in [-0.05, 0) is 144 Å². The van der Waals surface area contributed by atoms with Gasteiger partial charge in [0.1, 0.15) is 0 Å². The van der Waals surface area contributed by atoms with Gasteiger partial charge in [0.15, 0.2) is 0 Å². The van der Waals surface area contributed by atoms with Crippen molar-refractivity contribution >= 4 is 11.8 Å². The van der Waals surface area contributed by atoms with E-state index in [1.165, 1.54) is 27.8 Å². The maximum atomic E-state index is 13.3. The molecule has 2 aliphatic rings. The van der Waals surface area contributed by atoms with E-state index in [1.54, 1.807) is 0 Å². The summed E-state index contributed by atoms with van der Waals surface area (Å²) in [6.07, 6.45) is 16.5. The number of carbonyl (C=O) groups excluding carboxylic acids is 2. The van der Waals surface area contributed by atoms with Crippen molar-refractivity contribution in [3.8, 4) is 0 Å². The van der Waals surface area contributed by atoms with Crippen LogP contribution in [0.2, 0.25) is 0 Å². The number of hydrogen-bond donors (Lipinski definition) is 3. The Morgan fingerprint density at radius 1 is 0.444 bits per heavy atom. The van der Waals surface area contributed by atoms with Gasteiger partial charge in [0.2, 0.25) is 11.8 Å². The molecule has 3 N–H and O–H groups in total. The molecule has 0 aromatic heterocycles. The third-order valence-corrected chi connectivity index (χ3v) is 13.1. The largest absolute Gasteiger partial charge is 0.353 e. The van der Waals surface area contributed by atoms with Crippen LogP contribution in [0, 0.1) is 11.8 Å². The first-order valence-corrected chi connectivity index (χ1v) is 24.3. The number of carbonyl (C=O) groups is 2. The molecular weight excluding hydrogens is 773 g/mol. The molecule has 0 saturated carbocycles. The number of rotatable bonds is 22. The Bertz CT molecular complexity index is 1860. The molecule has 6 heteroatoms. The quantitative estimate of drug-likeness (QED) is 0.0649. The van der Waals surface area contributed by atoms with Crippen LogP contribution in [-0.2, 0) is 41.8 Å². The lowest BCUT2D eigenvalue weighted by Gasteiger charge is -2.33. The molecule has 2 saturated heterocycles. The highest BCUT2D eigenvalue weighted by Crippen LogP contribution is 2.22. The molecule has 7 rings (SSSR count). The second-order valence-electron chi connectivity index (χ2n) is 18.0. The number of amides is 2. The molecule has 5 aromatic rings. The lowest BCUT2D eigenvalue weighted by atomic mass is 9.92. The van der Waals surface area contributed by atoms with Crippen molar-refractivity contribution in [2.75, 3.05) is 26.2 Å². The second kappa shape index (κ2) is 27.9. The molecule has 0 aliphatic carbocycles. The number of nitrogens with one attached hydrogen (secondary N) is 3. The Morgan fingerprint density at radius 3 is 1.08 bits per heavy atom. The van der Waals surface area contributed by atoms with Gasteiger partial charge in [-0.25, -0.2) is 0 Å². The van der Waals surface area contributed by atoms with Crippen molar-refractivity contribution < 1.29 is 9.59 Å². The van der Waals surface area contributed by atoms with E-state index < -0.39 is 0 Å². The van der Waals surface area contributed by atoms with E-state index in [0.717, 1.165) is 135 Å². The van der Waals surface area contributed by atoms with Crippen molar-refractivity contribution in [2.24, 2.45) is 11.8 Å². The van der Waals surface area contributed by atoms with Crippen LogP contribution in [0.3, 0.4) is 0 Å². The van der Waals surface area contributed by atoms with Gasteiger partial charge in [0.25, 0.3) is 0 Å². The van der Waals surface area contributed by atoms with Gasteiger partial charge in [-0.1, -0.05) is 152 Å². The Labute approximate surface area is 379 Å². The summed E-state index contributed by atoms with van der Waals surface area (Å²) in [4.78, 5) is 28.8. The number of nitrogens with zero attached hydrogens (tertiary/aromatic N) is 1. The zero-order chi connectivity index (χ0) is 43.6. The van der Waals surface area contributed by atoms with E-state index in [4.69, 9.17) is 0 Å². The third kappa shape index (κ3) is 18.3. The summed E-state index contributed by atoms with van der Waals surface area (Å²) in [5.74, 6) is 0.771. The van der Waals surface area contributed by atoms with Crippen LogP contribution in [-0.4, -0.2) is 55.0 Å². The van der Waals surface area contributed by atoms with Crippen molar-refractivity contribution in [3.63, 3.8) is 0 Å². The van der Waals surface area contributed by atoms with Crippen LogP contribution < -0.4 is 16.0 Å². The number of likely N-dealkylation sites (tertiary alicyclic amines) is 1. The van der Waals surface area contributed by atoms with Gasteiger partial charge >= 0.3 is 0 Å². The fourth-order valence-corrected chi connectivity index (χ4v) is 9.28. The molecule has 2 heterocycles. The van der Waals surface area contributed by atoms with Gasteiger partial charge in [-0.3, -0.25) is 14.5 Å². The fraction of sp³-hybridized carbons (Fsp3) is 0.439. The van der Waals surface area contributed by atoms with Crippen LogP contribution in [0.4, 0.5) is 0 Å². The average molecular weight is 847 g/mol. The Kier molecular flexibility index (Phi) is 21.0. The Balaban J connectivity index is 0.000000215. The minimum absolute atomic E-state index is 0.102. The summed E-state index contributed by atoms with van der Waals surface area (Å²) in [7, 11) is 0. The number of piperidine rings is 2. The zero-order valence-corrected chi connectivity index (χ0v) is 37.9. The van der Waals surface area contributed by atoms with E-state index in [0.29, 0.717) is 12.1 Å². The Hall–Kier alpha value is -5.04. The molecule has 0 spiro atoms. The molecule has 2 amide bonds. The van der Waals surface area contributed by atoms with Crippen LogP contribution >= 0.6 is 0 Å². The minimum atomic E-state index is 0.102. The number of hydrogen-bond acceptors (Lipinski definition) is 4. The number of aryl methyl sites for hydroxylation is 4. The highest BCUT2D eigenvalue weighted by molar-refractivity contribution is 5.79. The van der Waals surface area contributed by atoms with Crippen molar-refractivity contribution in [1.29, 1.82) is 0 Å². The topological polar surface area (TPSA) is 73.5 Å².